The molecule has 0 saturated carbocycles. The van der Waals surface area contributed by atoms with E-state index in [1.807, 2.05) is 0 Å². The number of nitrogen functional groups attached to an aromatic ring is 1. The zero-order chi connectivity index (χ0) is 18.1. The van der Waals surface area contributed by atoms with Crippen molar-refractivity contribution < 1.29 is 14.3 Å². The second-order valence-electron chi connectivity index (χ2n) is 5.99. The Bertz CT molecular complexity index is 945. The molecule has 0 aliphatic carbocycles. The normalized spacial score (nSPS) is 12.3. The number of nitrogens with one attached hydrogen (secondary N) is 1. The third-order valence-corrected chi connectivity index (χ3v) is 3.84. The van der Waals surface area contributed by atoms with Gasteiger partial charge < -0.3 is 15.8 Å². The predicted octanol–water partition coefficient (Wildman–Crippen LogP) is 2.82. The standard InChI is InChI=1S/C18H18N4O3/c1-9(2)18(24)22-13-7-11(19)16-15-10(8-20-16)6-12(21-17(13)15)14(23)4-5-25-3/h4-9H,19H2,1-3H3,(H,22,24)/b5-4+. The van der Waals surface area contributed by atoms with Crippen LogP contribution in [-0.2, 0) is 9.53 Å². The molecule has 1 aromatic carbocycles. The molecule has 0 spiro atoms. The van der Waals surface area contributed by atoms with Crippen LogP contribution in [0.2, 0.25) is 0 Å². The number of ketones is 1. The molecule has 0 atom stereocenters. The highest BCUT2D eigenvalue weighted by Gasteiger charge is 2.22. The Morgan fingerprint density at radius 1 is 1.32 bits per heavy atom. The van der Waals surface area contributed by atoms with Crippen molar-refractivity contribution in [1.29, 1.82) is 0 Å². The average Bonchev–Trinajstić information content (AvgIpc) is 3.01. The summed E-state index contributed by atoms with van der Waals surface area (Å²) in [4.78, 5) is 33.1. The van der Waals surface area contributed by atoms with Gasteiger partial charge in [-0.1, -0.05) is 13.8 Å². The molecule has 128 valence electrons. The van der Waals surface area contributed by atoms with Crippen molar-refractivity contribution in [1.82, 2.24) is 4.98 Å². The van der Waals surface area contributed by atoms with Crippen molar-refractivity contribution >= 4 is 45.9 Å². The molecule has 1 amide bonds. The number of nitrogens with zero attached hydrogens (tertiary/aromatic N) is 2. The minimum Gasteiger partial charge on any atom is -0.504 e. The van der Waals surface area contributed by atoms with Crippen LogP contribution in [0.1, 0.15) is 29.9 Å². The lowest BCUT2D eigenvalue weighted by molar-refractivity contribution is -0.118. The Kier molecular flexibility index (Phi) is 4.22. The molecule has 2 aromatic rings. The van der Waals surface area contributed by atoms with Crippen molar-refractivity contribution in [3.05, 3.63) is 35.7 Å². The van der Waals surface area contributed by atoms with E-state index in [-0.39, 0.29) is 23.3 Å². The van der Waals surface area contributed by atoms with Gasteiger partial charge in [0.15, 0.2) is 0 Å². The molecule has 0 saturated heterocycles. The Morgan fingerprint density at radius 2 is 2.08 bits per heavy atom. The Balaban J connectivity index is 2.19. The van der Waals surface area contributed by atoms with Gasteiger partial charge in [0.25, 0.3) is 0 Å². The molecule has 0 bridgehead atoms. The van der Waals surface area contributed by atoms with Crippen LogP contribution >= 0.6 is 0 Å². The van der Waals surface area contributed by atoms with Gasteiger partial charge in [0.05, 0.1) is 36.0 Å². The van der Waals surface area contributed by atoms with E-state index in [0.29, 0.717) is 22.6 Å². The largest absolute Gasteiger partial charge is 0.504 e. The van der Waals surface area contributed by atoms with Gasteiger partial charge >= 0.3 is 0 Å². The van der Waals surface area contributed by atoms with E-state index in [4.69, 9.17) is 10.5 Å². The van der Waals surface area contributed by atoms with Crippen LogP contribution in [-0.4, -0.2) is 30.0 Å². The van der Waals surface area contributed by atoms with Crippen LogP contribution in [0.4, 0.5) is 17.1 Å². The third-order valence-electron chi connectivity index (χ3n) is 3.84. The van der Waals surface area contributed by atoms with E-state index in [0.717, 1.165) is 10.9 Å². The smallest absolute Gasteiger partial charge is 0.226 e. The fourth-order valence-corrected chi connectivity index (χ4v) is 2.53. The van der Waals surface area contributed by atoms with Gasteiger partial charge in [-0.25, -0.2) is 4.98 Å². The van der Waals surface area contributed by atoms with Crippen LogP contribution < -0.4 is 11.1 Å². The van der Waals surface area contributed by atoms with Gasteiger partial charge in [0.2, 0.25) is 11.7 Å². The van der Waals surface area contributed by atoms with Crippen LogP contribution in [0.15, 0.2) is 29.5 Å². The summed E-state index contributed by atoms with van der Waals surface area (Å²) in [5.74, 6) is -0.668. The van der Waals surface area contributed by atoms with Crippen molar-refractivity contribution in [3.63, 3.8) is 0 Å². The van der Waals surface area contributed by atoms with Crippen LogP contribution in [0, 0.1) is 5.92 Å². The molecule has 25 heavy (non-hydrogen) atoms. The van der Waals surface area contributed by atoms with E-state index in [2.05, 4.69) is 15.3 Å². The quantitative estimate of drug-likeness (QED) is 0.322. The minimum atomic E-state index is -0.306. The highest BCUT2D eigenvalue weighted by molar-refractivity contribution is 6.19. The number of aromatic nitrogens is 1. The van der Waals surface area contributed by atoms with Gasteiger partial charge in [-0.15, -0.1) is 0 Å². The first-order valence-corrected chi connectivity index (χ1v) is 7.78. The highest BCUT2D eigenvalue weighted by Crippen LogP contribution is 2.41. The lowest BCUT2D eigenvalue weighted by atomic mass is 10.0. The Morgan fingerprint density at radius 3 is 2.76 bits per heavy atom. The number of carbonyl (C=O) groups excluding carboxylic acids is 2. The summed E-state index contributed by atoms with van der Waals surface area (Å²) in [6.07, 6.45) is 4.22. The summed E-state index contributed by atoms with van der Waals surface area (Å²) in [6, 6.07) is 3.27. The van der Waals surface area contributed by atoms with Gasteiger partial charge in [0.1, 0.15) is 5.69 Å². The number of hydrogen-bond donors (Lipinski definition) is 2. The number of methoxy groups -OCH3 is 1. The highest BCUT2D eigenvalue weighted by atomic mass is 16.5. The molecule has 7 heteroatoms. The maximum Gasteiger partial charge on any atom is 0.226 e. The lowest BCUT2D eigenvalue weighted by Gasteiger charge is -2.13. The lowest BCUT2D eigenvalue weighted by Crippen LogP contribution is -2.18. The van der Waals surface area contributed by atoms with E-state index in [1.165, 1.54) is 19.4 Å². The summed E-state index contributed by atoms with van der Waals surface area (Å²) >= 11 is 0. The molecule has 0 fully saturated rings. The number of nitrogens with two attached hydrogens (primary N) is 1. The Hall–Kier alpha value is -3.22. The molecule has 3 N–H and O–H groups in total. The zero-order valence-electron chi connectivity index (χ0n) is 14.2. The average molecular weight is 338 g/mol. The molecule has 1 aromatic heterocycles. The molecule has 3 rings (SSSR count). The number of anilines is 2. The van der Waals surface area contributed by atoms with Gasteiger partial charge in [-0.05, 0) is 12.1 Å². The number of aliphatic imine (C=N–C) groups is 1. The van der Waals surface area contributed by atoms with Crippen LogP contribution in [0.5, 0.6) is 0 Å². The number of amides is 1. The first-order chi connectivity index (χ1) is 11.9. The summed E-state index contributed by atoms with van der Waals surface area (Å²) in [7, 11) is 1.46. The second-order valence-corrected chi connectivity index (χ2v) is 5.99. The van der Waals surface area contributed by atoms with Gasteiger partial charge in [-0.2, -0.15) is 0 Å². The number of allylic oxidation sites excluding steroid dienone is 1. The molecule has 0 radical (unpaired) electrons. The fourth-order valence-electron chi connectivity index (χ4n) is 2.53. The summed E-state index contributed by atoms with van der Waals surface area (Å²) in [5, 5.41) is 3.55. The number of ether oxygens (including phenoxy) is 1. The maximum absolute atomic E-state index is 12.3. The second kappa shape index (κ2) is 6.35. The topological polar surface area (TPSA) is 107 Å². The van der Waals surface area contributed by atoms with Crippen molar-refractivity contribution in [3.8, 4) is 0 Å². The maximum atomic E-state index is 12.3. The minimum absolute atomic E-state index is 0.159. The van der Waals surface area contributed by atoms with E-state index in [1.54, 1.807) is 32.2 Å². The Labute approximate surface area is 144 Å². The fraction of sp³-hybridized carbons (Fsp3) is 0.222. The number of rotatable bonds is 5. The predicted molar refractivity (Wildman–Crippen MR) is 97.4 cm³/mol. The molecule has 7 nitrogen and oxygen atoms in total. The molecular formula is C18H18N4O3. The van der Waals surface area contributed by atoms with E-state index in [9.17, 15) is 9.59 Å². The van der Waals surface area contributed by atoms with E-state index < -0.39 is 0 Å². The molecule has 2 heterocycles. The zero-order valence-corrected chi connectivity index (χ0v) is 14.2. The molecule has 0 unspecified atom stereocenters. The third kappa shape index (κ3) is 2.96. The molecular weight excluding hydrogens is 320 g/mol. The first kappa shape index (κ1) is 16.6. The summed E-state index contributed by atoms with van der Waals surface area (Å²) < 4.78 is 4.78. The van der Waals surface area contributed by atoms with E-state index >= 15 is 0 Å². The summed E-state index contributed by atoms with van der Waals surface area (Å²) in [6.45, 7) is 3.58. The van der Waals surface area contributed by atoms with Crippen molar-refractivity contribution in [2.75, 3.05) is 18.2 Å². The number of pyridine rings is 1. The monoisotopic (exact) mass is 338 g/mol. The first-order valence-electron chi connectivity index (χ1n) is 7.78. The number of benzene rings is 1. The van der Waals surface area contributed by atoms with Crippen molar-refractivity contribution in [2.45, 2.75) is 13.8 Å². The van der Waals surface area contributed by atoms with Gasteiger partial charge in [-0.3, -0.25) is 14.6 Å². The SMILES string of the molecule is CO/C=C/C(=O)c1cc2c3c(c(N)cc(NC(=O)C(C)C)c3n1)N=C2. The van der Waals surface area contributed by atoms with Crippen LogP contribution in [0.3, 0.4) is 0 Å². The van der Waals surface area contributed by atoms with Crippen molar-refractivity contribution in [2.24, 2.45) is 10.9 Å². The molecule has 1 aliphatic rings. The molecule has 1 aliphatic heterocycles. The van der Waals surface area contributed by atoms with Crippen LogP contribution in [0.25, 0.3) is 10.9 Å². The summed E-state index contributed by atoms with van der Waals surface area (Å²) in [5.41, 5.74) is 9.04. The number of hydrogen-bond acceptors (Lipinski definition) is 6. The number of carbonyl (C=O) groups is 2. The van der Waals surface area contributed by atoms with Gasteiger partial charge in [0, 0.05) is 29.2 Å².